The molecule has 2 aromatic rings. The number of nitrogens with zero attached hydrogens (tertiary/aromatic N) is 1. The molecular formula is C22H26BrNO2. The van der Waals surface area contributed by atoms with Gasteiger partial charge in [-0.05, 0) is 42.5 Å². The van der Waals surface area contributed by atoms with Crippen LogP contribution in [0.2, 0.25) is 0 Å². The maximum absolute atomic E-state index is 12.8. The fourth-order valence-electron chi connectivity index (χ4n) is 2.75. The molecule has 0 bridgehead atoms. The Hall–Kier alpha value is -2.07. The Balaban J connectivity index is 2.08. The van der Waals surface area contributed by atoms with Crippen molar-refractivity contribution in [3.63, 3.8) is 0 Å². The zero-order valence-corrected chi connectivity index (χ0v) is 17.0. The molecule has 138 valence electrons. The van der Waals surface area contributed by atoms with E-state index in [1.54, 1.807) is 4.90 Å². The molecule has 0 heterocycles. The fraction of sp³-hybridized carbons (Fsp3) is 0.318. The van der Waals surface area contributed by atoms with E-state index < -0.39 is 0 Å². The summed E-state index contributed by atoms with van der Waals surface area (Å²) < 4.78 is 6.60. The van der Waals surface area contributed by atoms with Crippen LogP contribution in [0.3, 0.4) is 0 Å². The van der Waals surface area contributed by atoms with Gasteiger partial charge in [0.2, 0.25) is 0 Å². The minimum Gasteiger partial charge on any atom is -0.445 e. The first-order chi connectivity index (χ1) is 12.5. The highest BCUT2D eigenvalue weighted by molar-refractivity contribution is 9.10. The highest BCUT2D eigenvalue weighted by Crippen LogP contribution is 2.19. The molecule has 0 spiro atoms. The summed E-state index contributed by atoms with van der Waals surface area (Å²) in [4.78, 5) is 14.6. The summed E-state index contributed by atoms with van der Waals surface area (Å²) in [6, 6.07) is 17.8. The van der Waals surface area contributed by atoms with Crippen LogP contribution >= 0.6 is 15.9 Å². The van der Waals surface area contributed by atoms with Gasteiger partial charge in [-0.15, -0.1) is 6.58 Å². The van der Waals surface area contributed by atoms with Crippen molar-refractivity contribution in [2.24, 2.45) is 5.92 Å². The first kappa shape index (κ1) is 20.2. The molecule has 0 aromatic heterocycles. The Kier molecular flexibility index (Phi) is 7.92. The molecule has 0 unspecified atom stereocenters. The van der Waals surface area contributed by atoms with E-state index in [2.05, 4.69) is 36.4 Å². The number of rotatable bonds is 8. The van der Waals surface area contributed by atoms with Crippen molar-refractivity contribution in [3.8, 4) is 0 Å². The summed E-state index contributed by atoms with van der Waals surface area (Å²) in [5.74, 6) is 0.333. The van der Waals surface area contributed by atoms with Crippen LogP contribution in [0.1, 0.15) is 31.4 Å². The van der Waals surface area contributed by atoms with Crippen LogP contribution in [0.5, 0.6) is 0 Å². The van der Waals surface area contributed by atoms with E-state index in [1.807, 2.05) is 60.7 Å². The van der Waals surface area contributed by atoms with E-state index in [4.69, 9.17) is 4.74 Å². The first-order valence-electron chi connectivity index (χ1n) is 8.84. The minimum atomic E-state index is -0.291. The van der Waals surface area contributed by atoms with E-state index in [0.717, 1.165) is 22.0 Å². The number of amides is 1. The van der Waals surface area contributed by atoms with Crippen LogP contribution in [-0.4, -0.2) is 17.0 Å². The summed E-state index contributed by atoms with van der Waals surface area (Å²) >= 11 is 3.45. The van der Waals surface area contributed by atoms with E-state index >= 15 is 0 Å². The summed E-state index contributed by atoms with van der Waals surface area (Å²) in [6.07, 6.45) is 2.48. The van der Waals surface area contributed by atoms with Crippen molar-refractivity contribution in [1.82, 2.24) is 4.90 Å². The number of carbonyl (C=O) groups excluding carboxylic acids is 1. The first-order valence-corrected chi connectivity index (χ1v) is 9.63. The summed E-state index contributed by atoms with van der Waals surface area (Å²) in [7, 11) is 0. The topological polar surface area (TPSA) is 29.5 Å². The molecule has 0 aliphatic heterocycles. The number of hydrogen-bond donors (Lipinski definition) is 0. The van der Waals surface area contributed by atoms with Gasteiger partial charge in [0.15, 0.2) is 0 Å². The highest BCUT2D eigenvalue weighted by atomic mass is 79.9. The van der Waals surface area contributed by atoms with E-state index in [1.165, 1.54) is 0 Å². The van der Waals surface area contributed by atoms with Gasteiger partial charge in [-0.2, -0.15) is 0 Å². The molecule has 0 saturated carbocycles. The summed E-state index contributed by atoms with van der Waals surface area (Å²) in [5.41, 5.74) is 2.06. The van der Waals surface area contributed by atoms with E-state index in [0.29, 0.717) is 12.5 Å². The second kappa shape index (κ2) is 10.2. The highest BCUT2D eigenvalue weighted by Gasteiger charge is 2.23. The largest absolute Gasteiger partial charge is 0.445 e. The second-order valence-electron chi connectivity index (χ2n) is 6.59. The van der Waals surface area contributed by atoms with Gasteiger partial charge in [0, 0.05) is 17.1 Å². The van der Waals surface area contributed by atoms with Gasteiger partial charge in [0.25, 0.3) is 0 Å². The van der Waals surface area contributed by atoms with Crippen molar-refractivity contribution in [2.75, 3.05) is 0 Å². The van der Waals surface area contributed by atoms with Gasteiger partial charge in [0.1, 0.15) is 6.61 Å². The van der Waals surface area contributed by atoms with Crippen molar-refractivity contribution >= 4 is 22.0 Å². The SMILES string of the molecule is C=C[C@H](C)C[C@H](C)N(Cc1ccc(Br)cc1)C(=O)OCc1ccccc1. The van der Waals surface area contributed by atoms with Crippen molar-refractivity contribution in [2.45, 2.75) is 39.5 Å². The Morgan fingerprint density at radius 1 is 1.12 bits per heavy atom. The van der Waals surface area contributed by atoms with Crippen LogP contribution in [0.4, 0.5) is 4.79 Å². The zero-order chi connectivity index (χ0) is 18.9. The van der Waals surface area contributed by atoms with Gasteiger partial charge in [0.05, 0.1) is 0 Å². The molecule has 0 aliphatic carbocycles. The number of hydrogen-bond acceptors (Lipinski definition) is 2. The molecule has 26 heavy (non-hydrogen) atoms. The Morgan fingerprint density at radius 3 is 2.38 bits per heavy atom. The standard InChI is InChI=1S/C22H26BrNO2/c1-4-17(2)14-18(3)24(15-19-10-12-21(23)13-11-19)22(25)26-16-20-8-6-5-7-9-20/h4-13,17-18H,1,14-16H2,2-3H3/t17-,18-/m0/s1. The average Bonchev–Trinajstić information content (AvgIpc) is 2.66. The molecule has 2 atom stereocenters. The fourth-order valence-corrected chi connectivity index (χ4v) is 3.01. The molecule has 0 fully saturated rings. The molecule has 0 N–H and O–H groups in total. The number of benzene rings is 2. The molecule has 0 saturated heterocycles. The van der Waals surface area contributed by atoms with Gasteiger partial charge in [-0.25, -0.2) is 4.79 Å². The summed E-state index contributed by atoms with van der Waals surface area (Å²) in [5, 5.41) is 0. The normalized spacial score (nSPS) is 12.9. The number of ether oxygens (including phenoxy) is 1. The van der Waals surface area contributed by atoms with E-state index in [-0.39, 0.29) is 18.7 Å². The molecule has 3 nitrogen and oxygen atoms in total. The lowest BCUT2D eigenvalue weighted by Crippen LogP contribution is -2.39. The molecule has 4 heteroatoms. The number of carbonyl (C=O) groups is 1. The van der Waals surface area contributed by atoms with Crippen LogP contribution in [0.15, 0.2) is 71.7 Å². The van der Waals surface area contributed by atoms with Crippen LogP contribution in [-0.2, 0) is 17.9 Å². The van der Waals surface area contributed by atoms with Gasteiger partial charge >= 0.3 is 6.09 Å². The number of halogens is 1. The van der Waals surface area contributed by atoms with Crippen molar-refractivity contribution in [1.29, 1.82) is 0 Å². The summed E-state index contributed by atoms with van der Waals surface area (Å²) in [6.45, 7) is 8.81. The van der Waals surface area contributed by atoms with Crippen LogP contribution in [0, 0.1) is 5.92 Å². The zero-order valence-electron chi connectivity index (χ0n) is 15.4. The molecule has 2 aromatic carbocycles. The predicted molar refractivity (Wildman–Crippen MR) is 110 cm³/mol. The smallest absolute Gasteiger partial charge is 0.410 e. The van der Waals surface area contributed by atoms with Crippen molar-refractivity contribution < 1.29 is 9.53 Å². The second-order valence-corrected chi connectivity index (χ2v) is 7.51. The molecule has 0 radical (unpaired) electrons. The lowest BCUT2D eigenvalue weighted by Gasteiger charge is -2.30. The number of allylic oxidation sites excluding steroid dienone is 1. The Labute approximate surface area is 164 Å². The Morgan fingerprint density at radius 2 is 1.77 bits per heavy atom. The monoisotopic (exact) mass is 415 g/mol. The van der Waals surface area contributed by atoms with Crippen molar-refractivity contribution in [3.05, 3.63) is 82.9 Å². The third kappa shape index (κ3) is 6.34. The maximum Gasteiger partial charge on any atom is 0.410 e. The average molecular weight is 416 g/mol. The quantitative estimate of drug-likeness (QED) is 0.481. The predicted octanol–water partition coefficient (Wildman–Crippen LogP) is 6.19. The van der Waals surface area contributed by atoms with Gasteiger partial charge in [-0.1, -0.05) is 71.4 Å². The lowest BCUT2D eigenvalue weighted by molar-refractivity contribution is 0.0766. The Bertz CT molecular complexity index is 700. The third-order valence-corrected chi connectivity index (χ3v) is 4.88. The molecule has 0 aliphatic rings. The minimum absolute atomic E-state index is 0.0509. The van der Waals surface area contributed by atoms with Crippen LogP contribution in [0.25, 0.3) is 0 Å². The maximum atomic E-state index is 12.8. The molecule has 1 amide bonds. The van der Waals surface area contributed by atoms with Gasteiger partial charge < -0.3 is 9.64 Å². The molecular weight excluding hydrogens is 390 g/mol. The third-order valence-electron chi connectivity index (χ3n) is 4.35. The molecule has 2 rings (SSSR count). The van der Waals surface area contributed by atoms with E-state index in [9.17, 15) is 4.79 Å². The lowest BCUT2D eigenvalue weighted by atomic mass is 10.0. The van der Waals surface area contributed by atoms with Crippen LogP contribution < -0.4 is 0 Å². The van der Waals surface area contributed by atoms with Gasteiger partial charge in [-0.3, -0.25) is 0 Å².